The van der Waals surface area contributed by atoms with Crippen LogP contribution in [-0.4, -0.2) is 70.5 Å². The molecule has 1 fully saturated rings. The molecule has 0 aromatic heterocycles. The van der Waals surface area contributed by atoms with Crippen LogP contribution in [0.4, 0.5) is 0 Å². The van der Waals surface area contributed by atoms with Crippen molar-refractivity contribution >= 4 is 40.1 Å². The lowest BCUT2D eigenvalue weighted by atomic mass is 10.0. The Labute approximate surface area is 151 Å². The van der Waals surface area contributed by atoms with Crippen LogP contribution in [-0.2, 0) is 0 Å². The molecule has 3 heterocycles. The number of aliphatic imine (C=N–C) groups is 2. The second kappa shape index (κ2) is 6.82. The van der Waals surface area contributed by atoms with Crippen molar-refractivity contribution in [3.05, 3.63) is 41.7 Å². The van der Waals surface area contributed by atoms with Crippen molar-refractivity contribution in [3.8, 4) is 0 Å². The molecule has 0 unspecified atom stereocenters. The Balaban J connectivity index is 1.88. The molecule has 1 aromatic rings. The largest absolute Gasteiger partial charge is 0.354 e. The molecule has 0 saturated carbocycles. The van der Waals surface area contributed by atoms with Gasteiger partial charge in [-0.3, -0.25) is 0 Å². The van der Waals surface area contributed by atoms with Crippen molar-refractivity contribution in [2.75, 3.05) is 44.6 Å². The zero-order valence-corrected chi connectivity index (χ0v) is 15.6. The Kier molecular flexibility index (Phi) is 4.56. The Morgan fingerprint density at radius 3 is 2.58 bits per heavy atom. The van der Waals surface area contributed by atoms with E-state index in [-0.39, 0.29) is 0 Å². The maximum Gasteiger partial charge on any atom is 0.186 e. The van der Waals surface area contributed by atoms with Gasteiger partial charge in [-0.25, -0.2) is 15.0 Å². The van der Waals surface area contributed by atoms with Gasteiger partial charge in [0, 0.05) is 31.6 Å². The minimum atomic E-state index is 0.675. The molecule has 3 aliphatic heterocycles. The SMILES string of the molecule is CSC1=NC(N2CCSCC2)=C(c2ccccc2)C2=NCN(C)N12. The highest BCUT2D eigenvalue weighted by atomic mass is 32.2. The summed E-state index contributed by atoms with van der Waals surface area (Å²) in [6, 6.07) is 10.5. The highest BCUT2D eigenvalue weighted by Crippen LogP contribution is 2.34. The molecule has 0 atom stereocenters. The summed E-state index contributed by atoms with van der Waals surface area (Å²) >= 11 is 3.70. The first-order valence-corrected chi connectivity index (χ1v) is 10.5. The Bertz CT molecular complexity index is 707. The number of amidine groups is 2. The van der Waals surface area contributed by atoms with E-state index in [1.165, 1.54) is 5.56 Å². The molecule has 0 amide bonds. The minimum Gasteiger partial charge on any atom is -0.354 e. The number of hydrazine groups is 1. The van der Waals surface area contributed by atoms with E-state index in [4.69, 9.17) is 9.98 Å². The van der Waals surface area contributed by atoms with Crippen LogP contribution in [0.15, 0.2) is 46.1 Å². The van der Waals surface area contributed by atoms with Crippen LogP contribution in [0.1, 0.15) is 5.56 Å². The quantitative estimate of drug-likeness (QED) is 0.811. The minimum absolute atomic E-state index is 0.675. The lowest BCUT2D eigenvalue weighted by Gasteiger charge is -2.37. The zero-order chi connectivity index (χ0) is 16.5. The van der Waals surface area contributed by atoms with Gasteiger partial charge in [0.05, 0.1) is 5.57 Å². The standard InChI is InChI=1S/C17H21N5S2/c1-20-12-18-15-14(13-6-4-3-5-7-13)16(19-17(23-2)22(15)20)21-8-10-24-11-9-21/h3-7H,8-12H2,1-2H3. The van der Waals surface area contributed by atoms with E-state index < -0.39 is 0 Å². The maximum absolute atomic E-state index is 5.05. The van der Waals surface area contributed by atoms with E-state index in [2.05, 4.69) is 58.6 Å². The highest BCUT2D eigenvalue weighted by molar-refractivity contribution is 8.13. The number of hydrogen-bond acceptors (Lipinski definition) is 7. The van der Waals surface area contributed by atoms with E-state index in [0.29, 0.717) is 6.67 Å². The number of thioether (sulfide) groups is 2. The molecular formula is C17H21N5S2. The lowest BCUT2D eigenvalue weighted by molar-refractivity contribution is 0.188. The van der Waals surface area contributed by atoms with Gasteiger partial charge in [0.25, 0.3) is 0 Å². The number of nitrogens with zero attached hydrogens (tertiary/aromatic N) is 5. The monoisotopic (exact) mass is 359 g/mol. The van der Waals surface area contributed by atoms with Gasteiger partial charge >= 0.3 is 0 Å². The van der Waals surface area contributed by atoms with Crippen LogP contribution in [0, 0.1) is 0 Å². The molecule has 0 aliphatic carbocycles. The smallest absolute Gasteiger partial charge is 0.186 e. The third kappa shape index (κ3) is 2.74. The second-order valence-electron chi connectivity index (χ2n) is 5.86. The van der Waals surface area contributed by atoms with Crippen LogP contribution in [0.2, 0.25) is 0 Å². The Morgan fingerprint density at radius 2 is 1.88 bits per heavy atom. The van der Waals surface area contributed by atoms with E-state index >= 15 is 0 Å². The second-order valence-corrected chi connectivity index (χ2v) is 7.85. The van der Waals surface area contributed by atoms with Gasteiger partial charge < -0.3 is 4.90 Å². The van der Waals surface area contributed by atoms with Crippen LogP contribution >= 0.6 is 23.5 Å². The summed E-state index contributed by atoms with van der Waals surface area (Å²) in [4.78, 5) is 12.3. The summed E-state index contributed by atoms with van der Waals surface area (Å²) in [6.07, 6.45) is 2.08. The van der Waals surface area contributed by atoms with E-state index in [1.807, 2.05) is 11.8 Å². The molecule has 0 bridgehead atoms. The van der Waals surface area contributed by atoms with Crippen molar-refractivity contribution in [2.45, 2.75) is 0 Å². The maximum atomic E-state index is 5.05. The predicted octanol–water partition coefficient (Wildman–Crippen LogP) is 2.66. The summed E-state index contributed by atoms with van der Waals surface area (Å²) in [7, 11) is 2.06. The molecule has 1 aromatic carbocycles. The third-order valence-electron chi connectivity index (χ3n) is 4.35. The number of benzene rings is 1. The molecule has 24 heavy (non-hydrogen) atoms. The molecular weight excluding hydrogens is 338 g/mol. The van der Waals surface area contributed by atoms with E-state index in [9.17, 15) is 0 Å². The van der Waals surface area contributed by atoms with Crippen LogP contribution in [0.25, 0.3) is 5.57 Å². The average molecular weight is 360 g/mol. The highest BCUT2D eigenvalue weighted by Gasteiger charge is 2.37. The normalized spacial score (nSPS) is 21.8. The Morgan fingerprint density at radius 1 is 1.12 bits per heavy atom. The molecule has 0 radical (unpaired) electrons. The number of rotatable bonds is 2. The zero-order valence-electron chi connectivity index (χ0n) is 14.0. The summed E-state index contributed by atoms with van der Waals surface area (Å²) < 4.78 is 0. The summed E-state index contributed by atoms with van der Waals surface area (Å²) in [6.45, 7) is 2.77. The van der Waals surface area contributed by atoms with Gasteiger partial charge in [-0.05, 0) is 11.8 Å². The van der Waals surface area contributed by atoms with Gasteiger partial charge in [-0.15, -0.1) is 0 Å². The van der Waals surface area contributed by atoms with E-state index in [1.54, 1.807) is 11.8 Å². The third-order valence-corrected chi connectivity index (χ3v) is 5.92. The fourth-order valence-electron chi connectivity index (χ4n) is 3.18. The van der Waals surface area contributed by atoms with Crippen LogP contribution in [0.5, 0.6) is 0 Å². The number of fused-ring (bicyclic) bond motifs is 1. The Hall–Kier alpha value is -1.44. The van der Waals surface area contributed by atoms with Crippen molar-refractivity contribution in [1.82, 2.24) is 14.9 Å². The van der Waals surface area contributed by atoms with Crippen molar-refractivity contribution in [1.29, 1.82) is 0 Å². The van der Waals surface area contributed by atoms with Crippen LogP contribution < -0.4 is 0 Å². The summed E-state index contributed by atoms with van der Waals surface area (Å²) in [5.41, 5.74) is 2.35. The van der Waals surface area contributed by atoms with Gasteiger partial charge in [-0.1, -0.05) is 42.1 Å². The molecule has 5 nitrogen and oxygen atoms in total. The van der Waals surface area contributed by atoms with Crippen molar-refractivity contribution < 1.29 is 0 Å². The van der Waals surface area contributed by atoms with Gasteiger partial charge in [0.2, 0.25) is 0 Å². The number of hydrogen-bond donors (Lipinski definition) is 0. The summed E-state index contributed by atoms with van der Waals surface area (Å²) in [5, 5.41) is 5.27. The molecule has 7 heteroatoms. The summed E-state index contributed by atoms with van der Waals surface area (Å²) in [5.74, 6) is 4.42. The topological polar surface area (TPSA) is 34.4 Å². The van der Waals surface area contributed by atoms with Gasteiger partial charge in [0.1, 0.15) is 12.5 Å². The van der Waals surface area contributed by atoms with E-state index in [0.717, 1.165) is 47.0 Å². The first kappa shape index (κ1) is 16.1. The molecule has 4 rings (SSSR count). The molecule has 0 spiro atoms. The molecule has 3 aliphatic rings. The fourth-order valence-corrected chi connectivity index (χ4v) is 4.66. The predicted molar refractivity (Wildman–Crippen MR) is 105 cm³/mol. The molecule has 126 valence electrons. The lowest BCUT2D eigenvalue weighted by Crippen LogP contribution is -2.46. The first-order chi connectivity index (χ1) is 11.8. The van der Waals surface area contributed by atoms with Crippen molar-refractivity contribution in [2.24, 2.45) is 9.98 Å². The van der Waals surface area contributed by atoms with Crippen molar-refractivity contribution in [3.63, 3.8) is 0 Å². The molecule has 1 saturated heterocycles. The van der Waals surface area contributed by atoms with Gasteiger partial charge in [-0.2, -0.15) is 16.8 Å². The van der Waals surface area contributed by atoms with Crippen LogP contribution in [0.3, 0.4) is 0 Å². The molecule has 0 N–H and O–H groups in total. The van der Waals surface area contributed by atoms with Gasteiger partial charge in [0.15, 0.2) is 11.0 Å². The fraction of sp³-hybridized carbons (Fsp3) is 0.412. The average Bonchev–Trinajstić information content (AvgIpc) is 3.04. The first-order valence-electron chi connectivity index (χ1n) is 8.10.